The third-order valence-corrected chi connectivity index (χ3v) is 4.33. The van der Waals surface area contributed by atoms with Crippen LogP contribution in [0.15, 0.2) is 30.6 Å². The zero-order chi connectivity index (χ0) is 17.6. The number of carboxylic acid groups (broad SMARTS) is 1. The van der Waals surface area contributed by atoms with Gasteiger partial charge in [0.15, 0.2) is 0 Å². The minimum absolute atomic E-state index is 0.00544. The molecule has 0 fully saturated rings. The number of rotatable bonds is 3. The topological polar surface area (TPSA) is 116 Å². The van der Waals surface area contributed by atoms with E-state index in [0.717, 1.165) is 41.0 Å². The molecular weight excluding hydrogens is 322 g/mol. The summed E-state index contributed by atoms with van der Waals surface area (Å²) < 4.78 is 6.68. The predicted molar refractivity (Wildman–Crippen MR) is 89.9 cm³/mol. The van der Waals surface area contributed by atoms with Crippen molar-refractivity contribution >= 4 is 11.8 Å². The van der Waals surface area contributed by atoms with Crippen molar-refractivity contribution in [1.82, 2.24) is 19.7 Å². The number of aromatic carboxylic acids is 1. The predicted octanol–water partition coefficient (Wildman–Crippen LogP) is 1.72. The Balaban J connectivity index is 1.87. The van der Waals surface area contributed by atoms with Crippen LogP contribution in [0.4, 0.5) is 5.82 Å². The molecule has 2 aromatic heterocycles. The first-order chi connectivity index (χ1) is 12.1. The maximum atomic E-state index is 11.1. The quantitative estimate of drug-likeness (QED) is 0.747. The zero-order valence-electron chi connectivity index (χ0n) is 13.4. The fourth-order valence-corrected chi connectivity index (χ4v) is 3.09. The van der Waals surface area contributed by atoms with Crippen LogP contribution in [0.5, 0.6) is 5.75 Å². The molecule has 8 heteroatoms. The van der Waals surface area contributed by atoms with Crippen LogP contribution in [0, 0.1) is 0 Å². The van der Waals surface area contributed by atoms with Crippen molar-refractivity contribution in [2.24, 2.45) is 0 Å². The highest BCUT2D eigenvalue weighted by atomic mass is 16.5. The Hall–Kier alpha value is -3.42. The molecule has 2 heterocycles. The summed E-state index contributed by atoms with van der Waals surface area (Å²) in [5.41, 5.74) is 9.68. The lowest BCUT2D eigenvalue weighted by Gasteiger charge is -2.21. The lowest BCUT2D eigenvalue weighted by molar-refractivity contribution is 0.0698. The van der Waals surface area contributed by atoms with Gasteiger partial charge in [-0.1, -0.05) is 12.1 Å². The normalized spacial score (nSPS) is 12.4. The van der Waals surface area contributed by atoms with E-state index in [2.05, 4.69) is 15.1 Å². The standard InChI is InChI=1S/C17H15N5O3/c1-25-13-4-2-3-11-10(13)6-5-9-7-19-17(21-14(9)11)22-15(18)12(8-20-22)16(23)24/h2-4,7-8H,5-6,18H2,1H3,(H,23,24). The molecule has 25 heavy (non-hydrogen) atoms. The SMILES string of the molecule is COc1cccc2c1CCc1cnc(-n3ncc(C(=O)O)c3N)nc1-2. The second-order valence-electron chi connectivity index (χ2n) is 5.69. The number of nitrogens with zero attached hydrogens (tertiary/aromatic N) is 4. The van der Waals surface area contributed by atoms with E-state index >= 15 is 0 Å². The molecule has 0 saturated carbocycles. The highest BCUT2D eigenvalue weighted by Gasteiger charge is 2.23. The number of anilines is 1. The first kappa shape index (κ1) is 15.1. The number of carbonyl (C=O) groups is 1. The van der Waals surface area contributed by atoms with Crippen molar-refractivity contribution in [2.75, 3.05) is 12.8 Å². The minimum Gasteiger partial charge on any atom is -0.496 e. The Morgan fingerprint density at radius 3 is 2.88 bits per heavy atom. The smallest absolute Gasteiger partial charge is 0.341 e. The molecule has 0 saturated heterocycles. The van der Waals surface area contributed by atoms with E-state index in [4.69, 9.17) is 15.6 Å². The van der Waals surface area contributed by atoms with Gasteiger partial charge in [-0.15, -0.1) is 0 Å². The van der Waals surface area contributed by atoms with Gasteiger partial charge in [-0.3, -0.25) is 0 Å². The number of carboxylic acids is 1. The minimum atomic E-state index is -1.14. The van der Waals surface area contributed by atoms with Gasteiger partial charge in [0.1, 0.15) is 17.1 Å². The number of methoxy groups -OCH3 is 1. The number of benzene rings is 1. The molecule has 0 radical (unpaired) electrons. The van der Waals surface area contributed by atoms with Crippen molar-refractivity contribution in [1.29, 1.82) is 0 Å². The van der Waals surface area contributed by atoms with Crippen LogP contribution in [0.2, 0.25) is 0 Å². The molecule has 0 bridgehead atoms. The maximum absolute atomic E-state index is 11.1. The summed E-state index contributed by atoms with van der Waals surface area (Å²) in [7, 11) is 1.65. The fraction of sp³-hybridized carbons (Fsp3) is 0.176. The van der Waals surface area contributed by atoms with Gasteiger partial charge in [0, 0.05) is 17.3 Å². The van der Waals surface area contributed by atoms with Gasteiger partial charge in [0.25, 0.3) is 5.95 Å². The summed E-state index contributed by atoms with van der Waals surface area (Å²) in [6.45, 7) is 0. The molecule has 1 aromatic carbocycles. The molecule has 0 unspecified atom stereocenters. The lowest BCUT2D eigenvalue weighted by atomic mass is 9.89. The Kier molecular flexibility index (Phi) is 3.38. The summed E-state index contributed by atoms with van der Waals surface area (Å²) in [5, 5.41) is 13.1. The van der Waals surface area contributed by atoms with E-state index in [-0.39, 0.29) is 17.3 Å². The van der Waals surface area contributed by atoms with Crippen LogP contribution < -0.4 is 10.5 Å². The Morgan fingerprint density at radius 1 is 1.32 bits per heavy atom. The molecule has 0 atom stereocenters. The number of fused-ring (bicyclic) bond motifs is 3. The zero-order valence-corrected chi connectivity index (χ0v) is 13.4. The number of aromatic nitrogens is 4. The Bertz CT molecular complexity index is 996. The average molecular weight is 337 g/mol. The highest BCUT2D eigenvalue weighted by Crippen LogP contribution is 2.37. The van der Waals surface area contributed by atoms with Crippen LogP contribution in [-0.2, 0) is 12.8 Å². The molecule has 3 N–H and O–H groups in total. The number of hydrogen-bond acceptors (Lipinski definition) is 6. The number of ether oxygens (including phenoxy) is 1. The second-order valence-corrected chi connectivity index (χ2v) is 5.69. The van der Waals surface area contributed by atoms with Crippen LogP contribution in [0.3, 0.4) is 0 Å². The number of aryl methyl sites for hydroxylation is 1. The molecule has 8 nitrogen and oxygen atoms in total. The average Bonchev–Trinajstić information content (AvgIpc) is 3.02. The summed E-state index contributed by atoms with van der Waals surface area (Å²) in [4.78, 5) is 20.0. The van der Waals surface area contributed by atoms with Crippen molar-refractivity contribution in [3.63, 3.8) is 0 Å². The Labute approximate surface area is 142 Å². The fourth-order valence-electron chi connectivity index (χ4n) is 3.09. The van der Waals surface area contributed by atoms with Crippen molar-refractivity contribution in [3.05, 3.63) is 47.3 Å². The number of nitrogens with two attached hydrogens (primary N) is 1. The molecule has 1 aliphatic rings. The third-order valence-electron chi connectivity index (χ3n) is 4.33. The third kappa shape index (κ3) is 2.30. The number of nitrogen functional groups attached to an aromatic ring is 1. The summed E-state index contributed by atoms with van der Waals surface area (Å²) in [6.07, 6.45) is 4.58. The number of hydrogen-bond donors (Lipinski definition) is 2. The van der Waals surface area contributed by atoms with E-state index in [1.54, 1.807) is 13.3 Å². The summed E-state index contributed by atoms with van der Waals surface area (Å²) in [6, 6.07) is 5.83. The molecular formula is C17H15N5O3. The van der Waals surface area contributed by atoms with E-state index in [0.29, 0.717) is 0 Å². The lowest BCUT2D eigenvalue weighted by Crippen LogP contribution is -2.13. The van der Waals surface area contributed by atoms with Gasteiger partial charge in [-0.05, 0) is 24.5 Å². The molecule has 126 valence electrons. The largest absolute Gasteiger partial charge is 0.496 e. The highest BCUT2D eigenvalue weighted by molar-refractivity contribution is 5.92. The second kappa shape index (κ2) is 5.59. The maximum Gasteiger partial charge on any atom is 0.341 e. The molecule has 3 aromatic rings. The molecule has 4 rings (SSSR count). The van der Waals surface area contributed by atoms with E-state index in [1.165, 1.54) is 10.9 Å². The van der Waals surface area contributed by atoms with Crippen molar-refractivity contribution in [3.8, 4) is 23.0 Å². The van der Waals surface area contributed by atoms with Crippen molar-refractivity contribution < 1.29 is 14.6 Å². The van der Waals surface area contributed by atoms with Crippen LogP contribution in [0.25, 0.3) is 17.2 Å². The van der Waals surface area contributed by atoms with Gasteiger partial charge in [-0.25, -0.2) is 14.8 Å². The van der Waals surface area contributed by atoms with Gasteiger partial charge < -0.3 is 15.6 Å². The van der Waals surface area contributed by atoms with E-state index < -0.39 is 5.97 Å². The van der Waals surface area contributed by atoms with Crippen LogP contribution >= 0.6 is 0 Å². The molecule has 0 aliphatic heterocycles. The first-order valence-electron chi connectivity index (χ1n) is 7.69. The molecule has 0 amide bonds. The summed E-state index contributed by atoms with van der Waals surface area (Å²) in [5.74, 6) is -0.0829. The Morgan fingerprint density at radius 2 is 2.16 bits per heavy atom. The monoisotopic (exact) mass is 337 g/mol. The van der Waals surface area contributed by atoms with Gasteiger partial charge in [-0.2, -0.15) is 9.78 Å². The van der Waals surface area contributed by atoms with Gasteiger partial charge in [0.05, 0.1) is 19.0 Å². The first-order valence-corrected chi connectivity index (χ1v) is 7.69. The van der Waals surface area contributed by atoms with E-state index in [1.807, 2.05) is 18.2 Å². The summed E-state index contributed by atoms with van der Waals surface area (Å²) >= 11 is 0. The van der Waals surface area contributed by atoms with Crippen LogP contribution in [0.1, 0.15) is 21.5 Å². The van der Waals surface area contributed by atoms with Crippen molar-refractivity contribution in [2.45, 2.75) is 12.8 Å². The van der Waals surface area contributed by atoms with E-state index in [9.17, 15) is 4.79 Å². The van der Waals surface area contributed by atoms with Gasteiger partial charge >= 0.3 is 5.97 Å². The van der Waals surface area contributed by atoms with Gasteiger partial charge in [0.2, 0.25) is 0 Å². The molecule has 0 spiro atoms. The molecule has 1 aliphatic carbocycles. The van der Waals surface area contributed by atoms with Crippen LogP contribution in [-0.4, -0.2) is 37.9 Å².